The van der Waals surface area contributed by atoms with Crippen molar-refractivity contribution < 1.29 is 0 Å². The van der Waals surface area contributed by atoms with Gasteiger partial charge < -0.3 is 0 Å². The van der Waals surface area contributed by atoms with Crippen LogP contribution in [-0.4, -0.2) is 27.0 Å². The number of allylic oxidation sites excluding steroid dienone is 4. The molecular formula is C18H6Br16. The van der Waals surface area contributed by atoms with E-state index in [2.05, 4.69) is 273 Å². The normalized spacial score (nSPS) is 32.2. The van der Waals surface area contributed by atoms with Gasteiger partial charge in [-0.1, -0.05) is 285 Å². The number of benzene rings is 1. The zero-order valence-corrected chi connectivity index (χ0v) is 40.9. The maximum Gasteiger partial charge on any atom is 0.139 e. The standard InChI is InChI=1S/C18H6Br16/c19-8-6-11(20,15(27,28)16(29,30)12(8,21)22)10-9(7-4-2-1-3-5-7)13(23,24)17(31,32)18(33,34)14(10,25)26/h1-6H. The van der Waals surface area contributed by atoms with E-state index in [-0.39, 0.29) is 0 Å². The maximum atomic E-state index is 4.17. The molecule has 0 spiro atoms. The van der Waals surface area contributed by atoms with E-state index in [0.717, 1.165) is 21.2 Å². The lowest BCUT2D eigenvalue weighted by Crippen LogP contribution is -2.68. The van der Waals surface area contributed by atoms with Crippen LogP contribution in [0.5, 0.6) is 0 Å². The highest BCUT2D eigenvalue weighted by Gasteiger charge is 2.78. The molecule has 1 aromatic carbocycles. The molecule has 0 aliphatic heterocycles. The number of rotatable bonds is 2. The highest BCUT2D eigenvalue weighted by Crippen LogP contribution is 2.80. The Bertz CT molecular complexity index is 1060. The van der Waals surface area contributed by atoms with Crippen LogP contribution in [-0.2, 0) is 0 Å². The molecule has 3 rings (SSSR count). The number of hydrogen-bond donors (Lipinski definition) is 0. The minimum Gasteiger partial charge on any atom is -0.0731 e. The van der Waals surface area contributed by atoms with Crippen molar-refractivity contribution in [2.24, 2.45) is 0 Å². The molecule has 0 saturated heterocycles. The molecule has 190 valence electrons. The molecule has 0 saturated carbocycles. The van der Waals surface area contributed by atoms with Crippen LogP contribution in [0.2, 0.25) is 0 Å². The molecule has 0 heterocycles. The monoisotopic (exact) mass is 1480 g/mol. The van der Waals surface area contributed by atoms with Gasteiger partial charge in [-0.05, 0) is 22.8 Å². The van der Waals surface area contributed by atoms with Crippen molar-refractivity contribution in [2.45, 2.75) is 27.0 Å². The van der Waals surface area contributed by atoms with Crippen molar-refractivity contribution in [3.63, 3.8) is 0 Å². The van der Waals surface area contributed by atoms with E-state index in [1.165, 1.54) is 0 Å². The number of halogens is 16. The molecule has 34 heavy (non-hydrogen) atoms. The van der Waals surface area contributed by atoms with E-state index >= 15 is 0 Å². The van der Waals surface area contributed by atoms with E-state index in [0.29, 0.717) is 0 Å². The second kappa shape index (κ2) is 11.1. The summed E-state index contributed by atoms with van der Waals surface area (Å²) in [4.78, 5) is 0. The Balaban J connectivity index is 2.65. The van der Waals surface area contributed by atoms with Gasteiger partial charge in [0.1, 0.15) is 22.6 Å². The summed E-state index contributed by atoms with van der Waals surface area (Å²) in [5, 5.41) is 0. The molecule has 0 nitrogen and oxygen atoms in total. The molecule has 0 fully saturated rings. The number of hydrogen-bond acceptors (Lipinski definition) is 0. The summed E-state index contributed by atoms with van der Waals surface area (Å²) in [7, 11) is 0. The van der Waals surface area contributed by atoms with Crippen molar-refractivity contribution in [2.75, 3.05) is 0 Å². The molecule has 1 unspecified atom stereocenters. The Morgan fingerprint density at radius 1 is 0.471 bits per heavy atom. The highest BCUT2D eigenvalue weighted by atomic mass is 79.9. The summed E-state index contributed by atoms with van der Waals surface area (Å²) >= 11 is 63.4. The first-order chi connectivity index (χ1) is 15.0. The molecule has 2 aliphatic carbocycles. The largest absolute Gasteiger partial charge is 0.139 e. The van der Waals surface area contributed by atoms with E-state index in [1.54, 1.807) is 0 Å². The average molecular weight is 1500 g/mol. The predicted octanol–water partition coefficient (Wildman–Crippen LogP) is 14.3. The van der Waals surface area contributed by atoms with E-state index in [1.807, 2.05) is 18.2 Å². The fourth-order valence-corrected chi connectivity index (χ4v) is 18.4. The van der Waals surface area contributed by atoms with Crippen molar-refractivity contribution in [3.05, 3.63) is 52.0 Å². The molecule has 0 radical (unpaired) electrons. The van der Waals surface area contributed by atoms with Crippen LogP contribution in [0.4, 0.5) is 0 Å². The Kier molecular flexibility index (Phi) is 11.4. The molecule has 0 bridgehead atoms. The minimum atomic E-state index is -0.898. The molecule has 1 aromatic rings. The Morgan fingerprint density at radius 2 is 0.882 bits per heavy atom. The van der Waals surface area contributed by atoms with Crippen LogP contribution >= 0.6 is 255 Å². The zero-order valence-electron chi connectivity index (χ0n) is 15.5. The van der Waals surface area contributed by atoms with E-state index in [9.17, 15) is 0 Å². The van der Waals surface area contributed by atoms with Gasteiger partial charge in [-0.2, -0.15) is 0 Å². The van der Waals surface area contributed by atoms with E-state index in [4.69, 9.17) is 0 Å². The minimum absolute atomic E-state index is 0.713. The molecule has 16 heteroatoms. The topological polar surface area (TPSA) is 0 Å². The predicted molar refractivity (Wildman–Crippen MR) is 206 cm³/mol. The smallest absolute Gasteiger partial charge is 0.0731 e. The van der Waals surface area contributed by atoms with Crippen molar-refractivity contribution in [3.8, 4) is 0 Å². The Hall–Kier alpha value is 6.38. The second-order valence-electron chi connectivity index (χ2n) is 7.34. The van der Waals surface area contributed by atoms with Gasteiger partial charge in [0.05, 0.1) is 4.32 Å². The summed E-state index contributed by atoms with van der Waals surface area (Å²) in [6, 6.07) is 10.2. The number of alkyl halides is 15. The Morgan fingerprint density at radius 3 is 1.35 bits per heavy atom. The molecule has 2 aliphatic rings. The lowest BCUT2D eigenvalue weighted by molar-refractivity contribution is 0.590. The van der Waals surface area contributed by atoms with Gasteiger partial charge in [0.15, 0.2) is 0 Å². The highest BCUT2D eigenvalue weighted by molar-refractivity contribution is 9.35. The van der Waals surface area contributed by atoms with Gasteiger partial charge in [0.2, 0.25) is 0 Å². The van der Waals surface area contributed by atoms with Crippen LogP contribution in [0, 0.1) is 0 Å². The van der Waals surface area contributed by atoms with Crippen LogP contribution < -0.4 is 0 Å². The summed E-state index contributed by atoms with van der Waals surface area (Å²) < 4.78 is -5.86. The molecular weight excluding hydrogens is 1490 g/mol. The molecule has 0 amide bonds. The van der Waals surface area contributed by atoms with Crippen LogP contribution in [0.15, 0.2) is 46.5 Å². The summed E-state index contributed by atoms with van der Waals surface area (Å²) in [6.07, 6.45) is 2.10. The van der Waals surface area contributed by atoms with Gasteiger partial charge in [-0.25, -0.2) is 0 Å². The zero-order chi connectivity index (χ0) is 26.6. The summed E-state index contributed by atoms with van der Waals surface area (Å²) in [6.45, 7) is 0. The lowest BCUT2D eigenvalue weighted by atomic mass is 9.76. The second-order valence-corrected chi connectivity index (χ2v) is 33.5. The first-order valence-electron chi connectivity index (χ1n) is 8.51. The van der Waals surface area contributed by atoms with Crippen LogP contribution in [0.3, 0.4) is 0 Å². The average Bonchev–Trinajstić information content (AvgIpc) is 2.69. The van der Waals surface area contributed by atoms with Gasteiger partial charge >= 0.3 is 0 Å². The summed E-state index contributed by atoms with van der Waals surface area (Å²) in [5.41, 5.74) is 2.87. The molecule has 0 aromatic heterocycles. The quantitative estimate of drug-likeness (QED) is 0.259. The lowest BCUT2D eigenvalue weighted by Gasteiger charge is -2.62. The third kappa shape index (κ3) is 4.83. The first kappa shape index (κ1) is 34.9. The van der Waals surface area contributed by atoms with Crippen LogP contribution in [0.1, 0.15) is 5.56 Å². The van der Waals surface area contributed by atoms with Gasteiger partial charge in [-0.3, -0.25) is 0 Å². The molecule has 0 N–H and O–H groups in total. The maximum absolute atomic E-state index is 4.17. The van der Waals surface area contributed by atoms with Gasteiger partial charge in [0.25, 0.3) is 0 Å². The molecule has 1 atom stereocenters. The Labute approximate surface area is 332 Å². The van der Waals surface area contributed by atoms with Crippen molar-refractivity contribution >= 4 is 260 Å². The van der Waals surface area contributed by atoms with E-state index < -0.39 is 27.0 Å². The fraction of sp³-hybridized carbons (Fsp3) is 0.444. The van der Waals surface area contributed by atoms with Crippen molar-refractivity contribution in [1.29, 1.82) is 0 Å². The third-order valence-corrected chi connectivity index (χ3v) is 35.8. The summed E-state index contributed by atoms with van der Waals surface area (Å²) in [5.74, 6) is 0. The van der Waals surface area contributed by atoms with Crippen molar-refractivity contribution in [1.82, 2.24) is 0 Å². The fourth-order valence-electron chi connectivity index (χ4n) is 3.52. The van der Waals surface area contributed by atoms with Gasteiger partial charge in [0, 0.05) is 4.48 Å². The SMILES string of the molecule is BrC1=CC(Br)(C2=C(c3ccccc3)C(Br)(Br)C(Br)(Br)C(Br)(Br)C2(Br)Br)C(Br)(Br)C(Br)(Br)C1(Br)Br. The third-order valence-electron chi connectivity index (χ3n) is 5.36. The first-order valence-corrected chi connectivity index (χ1v) is 21.2. The van der Waals surface area contributed by atoms with Gasteiger partial charge in [-0.15, -0.1) is 0 Å². The van der Waals surface area contributed by atoms with Crippen LogP contribution in [0.25, 0.3) is 5.57 Å².